The third-order valence-corrected chi connectivity index (χ3v) is 3.87. The van der Waals surface area contributed by atoms with Gasteiger partial charge in [-0.25, -0.2) is 14.4 Å². The molecular weight excluding hydrogens is 325 g/mol. The molecule has 1 aliphatic rings. The number of aromatic nitrogens is 2. The van der Waals surface area contributed by atoms with Gasteiger partial charge in [0.2, 0.25) is 17.8 Å². The fourth-order valence-electron chi connectivity index (χ4n) is 2.68. The number of fused-ring (bicyclic) bond motifs is 1. The number of nitrogens with one attached hydrogen (secondary N) is 3. The van der Waals surface area contributed by atoms with Gasteiger partial charge in [-0.2, -0.15) is 0 Å². The molecule has 0 bridgehead atoms. The van der Waals surface area contributed by atoms with Crippen LogP contribution in [0.25, 0.3) is 0 Å². The van der Waals surface area contributed by atoms with E-state index in [-0.39, 0.29) is 18.2 Å². The van der Waals surface area contributed by atoms with Crippen molar-refractivity contribution in [1.29, 1.82) is 0 Å². The van der Waals surface area contributed by atoms with Crippen molar-refractivity contribution in [3.05, 3.63) is 48.0 Å². The Morgan fingerprint density at radius 2 is 2.08 bits per heavy atom. The van der Waals surface area contributed by atoms with Gasteiger partial charge in [0.15, 0.2) is 0 Å². The van der Waals surface area contributed by atoms with Crippen LogP contribution >= 0.6 is 0 Å². The molecule has 8 heteroatoms. The lowest BCUT2D eigenvalue weighted by Gasteiger charge is -2.24. The first kappa shape index (κ1) is 16.8. The first-order valence-electron chi connectivity index (χ1n) is 8.01. The van der Waals surface area contributed by atoms with Gasteiger partial charge in [0.25, 0.3) is 0 Å². The highest BCUT2D eigenvalue weighted by atomic mass is 19.1. The van der Waals surface area contributed by atoms with Crippen molar-refractivity contribution in [2.24, 2.45) is 0 Å². The summed E-state index contributed by atoms with van der Waals surface area (Å²) in [7, 11) is 0. The van der Waals surface area contributed by atoms with Crippen molar-refractivity contribution >= 4 is 23.5 Å². The van der Waals surface area contributed by atoms with Crippen LogP contribution in [0.1, 0.15) is 24.3 Å². The Morgan fingerprint density at radius 3 is 2.88 bits per heavy atom. The maximum atomic E-state index is 13.3. The highest BCUT2D eigenvalue weighted by Gasteiger charge is 2.30. The molecule has 0 saturated heterocycles. The molecule has 1 aromatic carbocycles. The number of anilines is 2. The fraction of sp³-hybridized carbons (Fsp3) is 0.294. The van der Waals surface area contributed by atoms with E-state index in [0.717, 1.165) is 0 Å². The smallest absolute Gasteiger partial charge is 0.228 e. The molecule has 2 aromatic rings. The first-order chi connectivity index (χ1) is 12.1. The van der Waals surface area contributed by atoms with Gasteiger partial charge in [-0.15, -0.1) is 0 Å². The van der Waals surface area contributed by atoms with Crippen LogP contribution in [0, 0.1) is 5.82 Å². The van der Waals surface area contributed by atoms with Crippen molar-refractivity contribution in [3.8, 4) is 0 Å². The number of rotatable bonds is 6. The van der Waals surface area contributed by atoms with E-state index in [1.54, 1.807) is 24.5 Å². The maximum Gasteiger partial charge on any atom is 0.228 e. The zero-order valence-corrected chi connectivity index (χ0v) is 13.5. The number of carbonyl (C=O) groups excluding carboxylic acids is 2. The van der Waals surface area contributed by atoms with E-state index in [9.17, 15) is 14.0 Å². The van der Waals surface area contributed by atoms with Crippen LogP contribution in [0.15, 0.2) is 36.7 Å². The molecule has 3 rings (SSSR count). The van der Waals surface area contributed by atoms with Gasteiger partial charge in [-0.3, -0.25) is 9.59 Å². The molecule has 25 heavy (non-hydrogen) atoms. The molecule has 1 aliphatic heterocycles. The van der Waals surface area contributed by atoms with Gasteiger partial charge in [0, 0.05) is 37.6 Å². The largest absolute Gasteiger partial charge is 0.355 e. The molecule has 1 unspecified atom stereocenters. The summed E-state index contributed by atoms with van der Waals surface area (Å²) in [6.45, 7) is 1.06. The lowest BCUT2D eigenvalue weighted by molar-refractivity contribution is -0.126. The van der Waals surface area contributed by atoms with Crippen molar-refractivity contribution in [3.63, 3.8) is 0 Å². The molecule has 0 aliphatic carbocycles. The number of benzene rings is 1. The standard InChI is InChI=1S/C17H18FN5O2/c18-11-3-4-12-13(10-15(24)23-14(12)9-11)16(25)19-5-1-6-20-17-21-7-2-8-22-17/h2-4,7-9,13H,1,5-6,10H2,(H,19,25)(H,23,24)(H,20,21,22). The van der Waals surface area contributed by atoms with E-state index in [4.69, 9.17) is 0 Å². The SMILES string of the molecule is O=C1CC(C(=O)NCCCNc2ncccn2)c2ccc(F)cc2N1. The number of nitrogens with zero attached hydrogens (tertiary/aromatic N) is 2. The predicted octanol–water partition coefficient (Wildman–Crippen LogP) is 1.66. The van der Waals surface area contributed by atoms with Gasteiger partial charge in [-0.05, 0) is 30.2 Å². The van der Waals surface area contributed by atoms with E-state index in [1.807, 2.05) is 0 Å². The Hall–Kier alpha value is -3.03. The van der Waals surface area contributed by atoms with E-state index >= 15 is 0 Å². The highest BCUT2D eigenvalue weighted by molar-refractivity contribution is 6.01. The van der Waals surface area contributed by atoms with Gasteiger partial charge in [-0.1, -0.05) is 6.07 Å². The monoisotopic (exact) mass is 343 g/mol. The molecule has 1 atom stereocenters. The minimum absolute atomic E-state index is 0.0561. The predicted molar refractivity (Wildman–Crippen MR) is 90.5 cm³/mol. The molecule has 3 N–H and O–H groups in total. The number of hydrogen-bond acceptors (Lipinski definition) is 5. The Morgan fingerprint density at radius 1 is 1.28 bits per heavy atom. The Kier molecular flexibility index (Phi) is 5.17. The molecule has 2 amide bonds. The average Bonchev–Trinajstić information content (AvgIpc) is 2.61. The summed E-state index contributed by atoms with van der Waals surface area (Å²) in [5, 5.41) is 8.47. The molecule has 0 fully saturated rings. The number of amides is 2. The third-order valence-electron chi connectivity index (χ3n) is 3.87. The summed E-state index contributed by atoms with van der Waals surface area (Å²) in [5.74, 6) is -1.04. The van der Waals surface area contributed by atoms with Crippen molar-refractivity contribution in [2.75, 3.05) is 23.7 Å². The minimum Gasteiger partial charge on any atom is -0.355 e. The molecule has 2 heterocycles. The van der Waals surface area contributed by atoms with Crippen LogP contribution in [-0.4, -0.2) is 34.9 Å². The summed E-state index contributed by atoms with van der Waals surface area (Å²) in [6, 6.07) is 5.80. The second kappa shape index (κ2) is 7.69. The zero-order valence-electron chi connectivity index (χ0n) is 13.5. The Labute approximate surface area is 144 Å². The summed E-state index contributed by atoms with van der Waals surface area (Å²) in [6.07, 6.45) is 4.02. The summed E-state index contributed by atoms with van der Waals surface area (Å²) >= 11 is 0. The lowest BCUT2D eigenvalue weighted by atomic mass is 9.89. The molecule has 0 radical (unpaired) electrons. The Balaban J connectivity index is 1.51. The van der Waals surface area contributed by atoms with Crippen LogP contribution in [0.4, 0.5) is 16.0 Å². The maximum absolute atomic E-state index is 13.3. The van der Waals surface area contributed by atoms with E-state index in [0.29, 0.717) is 36.7 Å². The Bertz CT molecular complexity index is 769. The van der Waals surface area contributed by atoms with Crippen LogP contribution in [0.2, 0.25) is 0 Å². The van der Waals surface area contributed by atoms with E-state index in [2.05, 4.69) is 25.9 Å². The molecule has 0 saturated carbocycles. The lowest BCUT2D eigenvalue weighted by Crippen LogP contribution is -2.36. The fourth-order valence-corrected chi connectivity index (χ4v) is 2.68. The number of halogens is 1. The second-order valence-electron chi connectivity index (χ2n) is 5.68. The average molecular weight is 343 g/mol. The highest BCUT2D eigenvalue weighted by Crippen LogP contribution is 2.32. The number of carbonyl (C=O) groups is 2. The quantitative estimate of drug-likeness (QED) is 0.693. The van der Waals surface area contributed by atoms with Crippen LogP contribution in [0.3, 0.4) is 0 Å². The number of hydrogen-bond donors (Lipinski definition) is 3. The normalized spacial score (nSPS) is 15.9. The van der Waals surface area contributed by atoms with Gasteiger partial charge < -0.3 is 16.0 Å². The molecule has 1 aromatic heterocycles. The van der Waals surface area contributed by atoms with Crippen molar-refractivity contribution in [1.82, 2.24) is 15.3 Å². The van der Waals surface area contributed by atoms with Crippen LogP contribution in [0.5, 0.6) is 0 Å². The van der Waals surface area contributed by atoms with Gasteiger partial charge >= 0.3 is 0 Å². The van der Waals surface area contributed by atoms with E-state index in [1.165, 1.54) is 12.1 Å². The summed E-state index contributed by atoms with van der Waals surface area (Å²) < 4.78 is 13.3. The molecule has 130 valence electrons. The summed E-state index contributed by atoms with van der Waals surface area (Å²) in [5.41, 5.74) is 0.994. The molecule has 0 spiro atoms. The van der Waals surface area contributed by atoms with Gasteiger partial charge in [0.1, 0.15) is 5.82 Å². The van der Waals surface area contributed by atoms with Crippen LogP contribution in [-0.2, 0) is 9.59 Å². The minimum atomic E-state index is -0.602. The molecule has 7 nitrogen and oxygen atoms in total. The van der Waals surface area contributed by atoms with E-state index < -0.39 is 11.7 Å². The second-order valence-corrected chi connectivity index (χ2v) is 5.68. The topological polar surface area (TPSA) is 96.0 Å². The third kappa shape index (κ3) is 4.28. The van der Waals surface area contributed by atoms with Crippen molar-refractivity contribution in [2.45, 2.75) is 18.8 Å². The molecular formula is C17H18FN5O2. The first-order valence-corrected chi connectivity index (χ1v) is 8.01. The van der Waals surface area contributed by atoms with Crippen LogP contribution < -0.4 is 16.0 Å². The van der Waals surface area contributed by atoms with Crippen molar-refractivity contribution < 1.29 is 14.0 Å². The van der Waals surface area contributed by atoms with Gasteiger partial charge in [0.05, 0.1) is 5.92 Å². The summed E-state index contributed by atoms with van der Waals surface area (Å²) in [4.78, 5) is 32.2. The zero-order chi connectivity index (χ0) is 17.6.